The Morgan fingerprint density at radius 1 is 1.00 bits per heavy atom. The molecule has 0 saturated heterocycles. The van der Waals surface area contributed by atoms with Crippen molar-refractivity contribution in [2.75, 3.05) is 7.11 Å². The van der Waals surface area contributed by atoms with Gasteiger partial charge in [-0.2, -0.15) is 0 Å². The summed E-state index contributed by atoms with van der Waals surface area (Å²) in [6.45, 7) is 0. The van der Waals surface area contributed by atoms with Crippen LogP contribution in [0.25, 0.3) is 21.8 Å². The average Bonchev–Trinajstić information content (AvgIpc) is 2.97. The van der Waals surface area contributed by atoms with E-state index in [9.17, 15) is 8.78 Å². The van der Waals surface area contributed by atoms with Gasteiger partial charge in [-0.15, -0.1) is 11.3 Å². The average molecular weight is 303 g/mol. The fourth-order valence-electron chi connectivity index (χ4n) is 2.00. The molecule has 0 unspecified atom stereocenters. The fourth-order valence-corrected chi connectivity index (χ4v) is 2.81. The van der Waals surface area contributed by atoms with Crippen molar-refractivity contribution < 1.29 is 13.5 Å². The van der Waals surface area contributed by atoms with Crippen molar-refractivity contribution in [3.63, 3.8) is 0 Å². The molecule has 3 aromatic rings. The number of ether oxygens (including phenoxy) is 1. The number of nitrogens with zero attached hydrogens (tertiary/aromatic N) is 1. The Balaban J connectivity index is 1.99. The van der Waals surface area contributed by atoms with Gasteiger partial charge in [-0.3, -0.25) is 0 Å². The fraction of sp³-hybridized carbons (Fsp3) is 0.0625. The molecule has 0 spiro atoms. The van der Waals surface area contributed by atoms with E-state index in [2.05, 4.69) is 4.98 Å². The smallest absolute Gasteiger partial charge is 0.135 e. The first kappa shape index (κ1) is 13.7. The van der Waals surface area contributed by atoms with Gasteiger partial charge < -0.3 is 4.74 Å². The number of hydrogen-bond donors (Lipinski definition) is 0. The van der Waals surface area contributed by atoms with Crippen LogP contribution in [0.4, 0.5) is 8.78 Å². The van der Waals surface area contributed by atoms with Gasteiger partial charge >= 0.3 is 0 Å². The van der Waals surface area contributed by atoms with E-state index in [-0.39, 0.29) is 5.56 Å². The van der Waals surface area contributed by atoms with Crippen LogP contribution in [0, 0.1) is 11.6 Å². The first-order valence-corrected chi connectivity index (χ1v) is 7.11. The highest BCUT2D eigenvalue weighted by Crippen LogP contribution is 2.32. The lowest BCUT2D eigenvalue weighted by molar-refractivity contribution is 0.415. The lowest BCUT2D eigenvalue weighted by Crippen LogP contribution is -1.89. The second kappa shape index (κ2) is 5.61. The predicted molar refractivity (Wildman–Crippen MR) is 79.5 cm³/mol. The second-order valence-corrected chi connectivity index (χ2v) is 5.22. The molecule has 3 rings (SSSR count). The summed E-state index contributed by atoms with van der Waals surface area (Å²) in [7, 11) is 1.59. The maximum Gasteiger partial charge on any atom is 0.135 e. The normalized spacial score (nSPS) is 10.6. The van der Waals surface area contributed by atoms with Crippen LogP contribution in [0.3, 0.4) is 0 Å². The Hall–Kier alpha value is -2.27. The Bertz CT molecular complexity index is 748. The summed E-state index contributed by atoms with van der Waals surface area (Å²) < 4.78 is 32.6. The topological polar surface area (TPSA) is 22.1 Å². The molecule has 0 aliphatic heterocycles. The third kappa shape index (κ3) is 2.64. The second-order valence-electron chi connectivity index (χ2n) is 4.36. The predicted octanol–water partition coefficient (Wildman–Crippen LogP) is 4.76. The molecule has 0 aliphatic rings. The number of rotatable bonds is 3. The van der Waals surface area contributed by atoms with Gasteiger partial charge in [-0.05, 0) is 36.4 Å². The van der Waals surface area contributed by atoms with Crippen molar-refractivity contribution in [1.29, 1.82) is 0 Å². The number of methoxy groups -OCH3 is 1. The summed E-state index contributed by atoms with van der Waals surface area (Å²) in [5, 5.41) is 2.36. The van der Waals surface area contributed by atoms with Gasteiger partial charge in [0.15, 0.2) is 0 Å². The largest absolute Gasteiger partial charge is 0.497 e. The highest BCUT2D eigenvalue weighted by atomic mass is 32.1. The van der Waals surface area contributed by atoms with Crippen molar-refractivity contribution in [3.8, 4) is 27.6 Å². The van der Waals surface area contributed by atoms with E-state index in [1.807, 2.05) is 24.3 Å². The van der Waals surface area contributed by atoms with E-state index in [0.29, 0.717) is 10.7 Å². The van der Waals surface area contributed by atoms with Crippen molar-refractivity contribution in [1.82, 2.24) is 4.98 Å². The van der Waals surface area contributed by atoms with Crippen LogP contribution in [0.5, 0.6) is 5.75 Å². The molecule has 0 aliphatic carbocycles. The molecule has 0 saturated carbocycles. The minimum atomic E-state index is -0.610. The summed E-state index contributed by atoms with van der Waals surface area (Å²) in [5.74, 6) is -0.473. The lowest BCUT2D eigenvalue weighted by Gasteiger charge is -2.01. The number of thiazole rings is 1. The number of benzene rings is 2. The van der Waals surface area contributed by atoms with Crippen molar-refractivity contribution in [2.24, 2.45) is 0 Å². The van der Waals surface area contributed by atoms with Crippen LogP contribution in [-0.2, 0) is 0 Å². The van der Waals surface area contributed by atoms with Gasteiger partial charge in [0, 0.05) is 10.9 Å². The van der Waals surface area contributed by atoms with Crippen LogP contribution in [0.2, 0.25) is 0 Å². The van der Waals surface area contributed by atoms with Gasteiger partial charge in [0.2, 0.25) is 0 Å². The molecule has 2 nitrogen and oxygen atoms in total. The first-order chi connectivity index (χ1) is 10.2. The van der Waals surface area contributed by atoms with E-state index in [4.69, 9.17) is 4.74 Å². The summed E-state index contributed by atoms with van der Waals surface area (Å²) in [6.07, 6.45) is 0. The summed E-state index contributed by atoms with van der Waals surface area (Å²) in [5.41, 5.74) is 1.10. The van der Waals surface area contributed by atoms with Gasteiger partial charge in [-0.25, -0.2) is 13.8 Å². The summed E-state index contributed by atoms with van der Waals surface area (Å²) in [4.78, 5) is 4.33. The van der Waals surface area contributed by atoms with Crippen molar-refractivity contribution >= 4 is 11.3 Å². The van der Waals surface area contributed by atoms with E-state index in [1.54, 1.807) is 12.5 Å². The summed E-state index contributed by atoms with van der Waals surface area (Å²) in [6, 6.07) is 11.2. The molecule has 0 fully saturated rings. The molecule has 106 valence electrons. The number of hydrogen-bond acceptors (Lipinski definition) is 3. The summed E-state index contributed by atoms with van der Waals surface area (Å²) >= 11 is 1.34. The minimum Gasteiger partial charge on any atom is -0.497 e. The number of halogens is 2. The molecule has 0 radical (unpaired) electrons. The van der Waals surface area contributed by atoms with Crippen molar-refractivity contribution in [3.05, 3.63) is 59.5 Å². The van der Waals surface area contributed by atoms with E-state index in [1.165, 1.54) is 29.5 Å². The molecule has 0 N–H and O–H groups in total. The molecule has 1 aromatic heterocycles. The maximum atomic E-state index is 13.8. The molecular weight excluding hydrogens is 292 g/mol. The van der Waals surface area contributed by atoms with Crippen LogP contribution < -0.4 is 4.74 Å². The monoisotopic (exact) mass is 303 g/mol. The van der Waals surface area contributed by atoms with Crippen LogP contribution in [0.1, 0.15) is 0 Å². The highest BCUT2D eigenvalue weighted by molar-refractivity contribution is 7.13. The highest BCUT2D eigenvalue weighted by Gasteiger charge is 2.14. The Labute approximate surface area is 124 Å². The molecule has 0 atom stereocenters. The van der Waals surface area contributed by atoms with Crippen LogP contribution >= 0.6 is 11.3 Å². The molecule has 5 heteroatoms. The molecule has 21 heavy (non-hydrogen) atoms. The molecule has 0 amide bonds. The minimum absolute atomic E-state index is 0.0893. The Morgan fingerprint density at radius 2 is 1.67 bits per heavy atom. The van der Waals surface area contributed by atoms with Gasteiger partial charge in [0.1, 0.15) is 22.4 Å². The third-order valence-electron chi connectivity index (χ3n) is 3.06. The lowest BCUT2D eigenvalue weighted by atomic mass is 10.1. The van der Waals surface area contributed by atoms with Gasteiger partial charge in [-0.1, -0.05) is 6.07 Å². The quantitative estimate of drug-likeness (QED) is 0.695. The van der Waals surface area contributed by atoms with Gasteiger partial charge in [0.25, 0.3) is 0 Å². The molecule has 2 aromatic carbocycles. The zero-order chi connectivity index (χ0) is 14.8. The van der Waals surface area contributed by atoms with Gasteiger partial charge in [0.05, 0.1) is 18.4 Å². The first-order valence-electron chi connectivity index (χ1n) is 6.23. The Kier molecular flexibility index (Phi) is 3.66. The zero-order valence-corrected chi connectivity index (χ0v) is 12.0. The van der Waals surface area contributed by atoms with Crippen LogP contribution in [0.15, 0.2) is 47.8 Å². The van der Waals surface area contributed by atoms with Crippen molar-refractivity contribution in [2.45, 2.75) is 0 Å². The van der Waals surface area contributed by atoms with E-state index >= 15 is 0 Å². The van der Waals surface area contributed by atoms with Crippen LogP contribution in [-0.4, -0.2) is 12.1 Å². The standard InChI is InChI=1S/C16H11F2NOS/c1-20-11-7-5-10(6-8-11)16-19-14(9-21-16)15-12(17)3-2-4-13(15)18/h2-9H,1H3. The zero-order valence-electron chi connectivity index (χ0n) is 11.1. The SMILES string of the molecule is COc1ccc(-c2nc(-c3c(F)cccc3F)cs2)cc1. The third-order valence-corrected chi connectivity index (χ3v) is 3.95. The van der Waals surface area contributed by atoms with E-state index < -0.39 is 11.6 Å². The maximum absolute atomic E-state index is 13.8. The molecule has 0 bridgehead atoms. The molecule has 1 heterocycles. The Morgan fingerprint density at radius 3 is 2.29 bits per heavy atom. The number of aromatic nitrogens is 1. The molecular formula is C16H11F2NOS. The van der Waals surface area contributed by atoms with E-state index in [0.717, 1.165) is 11.3 Å².